The summed E-state index contributed by atoms with van der Waals surface area (Å²) in [5.41, 5.74) is 0.344. The lowest BCUT2D eigenvalue weighted by molar-refractivity contribution is -0.384. The molecule has 9 heteroatoms. The average molecular weight is 361 g/mol. The highest BCUT2D eigenvalue weighted by Gasteiger charge is 2.35. The molecule has 1 aromatic heterocycles. The number of benzene rings is 1. The van der Waals surface area contributed by atoms with Crippen LogP contribution in [0.25, 0.3) is 11.0 Å². The van der Waals surface area contributed by atoms with Gasteiger partial charge in [0.05, 0.1) is 11.5 Å². The maximum atomic E-state index is 12.3. The lowest BCUT2D eigenvalue weighted by atomic mass is 9.85. The van der Waals surface area contributed by atoms with Crippen molar-refractivity contribution in [1.29, 1.82) is 0 Å². The molecule has 0 unspecified atom stereocenters. The Morgan fingerprint density at radius 1 is 1.38 bits per heavy atom. The summed E-state index contributed by atoms with van der Waals surface area (Å²) in [5.74, 6) is -1.15. The van der Waals surface area contributed by atoms with Crippen molar-refractivity contribution in [2.45, 2.75) is 31.8 Å². The van der Waals surface area contributed by atoms with Crippen LogP contribution in [0.4, 0.5) is 5.69 Å². The zero-order valence-electron chi connectivity index (χ0n) is 14.2. The van der Waals surface area contributed by atoms with E-state index in [4.69, 9.17) is 9.52 Å². The van der Waals surface area contributed by atoms with Crippen molar-refractivity contribution in [3.8, 4) is 0 Å². The number of carboxylic acids is 1. The van der Waals surface area contributed by atoms with Crippen LogP contribution in [0.15, 0.2) is 28.7 Å². The number of nitrogens with one attached hydrogen (secondary N) is 1. The van der Waals surface area contributed by atoms with Crippen molar-refractivity contribution in [2.75, 3.05) is 13.1 Å². The molecule has 0 radical (unpaired) electrons. The Balaban J connectivity index is 1.60. The summed E-state index contributed by atoms with van der Waals surface area (Å²) in [5, 5.41) is 23.1. The topological polar surface area (TPSA) is 126 Å². The van der Waals surface area contributed by atoms with Crippen LogP contribution in [0.2, 0.25) is 0 Å². The highest BCUT2D eigenvalue weighted by molar-refractivity contribution is 5.96. The molecule has 0 atom stereocenters. The highest BCUT2D eigenvalue weighted by atomic mass is 16.6. The Bertz CT molecular complexity index is 855. The van der Waals surface area contributed by atoms with Gasteiger partial charge in [-0.3, -0.25) is 24.6 Å². The minimum Gasteiger partial charge on any atom is -0.480 e. The summed E-state index contributed by atoms with van der Waals surface area (Å²) in [6.07, 6.45) is 1.36. The molecule has 9 nitrogen and oxygen atoms in total. The first-order chi connectivity index (χ1) is 12.4. The number of nitro benzene ring substituents is 1. The predicted molar refractivity (Wildman–Crippen MR) is 92.0 cm³/mol. The standard InChI is InChI=1S/C17H19N3O6/c1-2-19(9-16(21)22)13-7-11(8-13)18-17(23)15-6-10-5-12(20(24)25)3-4-14(10)26-15/h3-6,11,13H,2,7-9H2,1H3,(H,18,23)(H,21,22). The van der Waals surface area contributed by atoms with Gasteiger partial charge >= 0.3 is 5.97 Å². The zero-order chi connectivity index (χ0) is 18.8. The first-order valence-electron chi connectivity index (χ1n) is 8.32. The molecule has 0 bridgehead atoms. The number of hydrogen-bond acceptors (Lipinski definition) is 6. The number of amides is 1. The van der Waals surface area contributed by atoms with Crippen molar-refractivity contribution in [3.63, 3.8) is 0 Å². The maximum Gasteiger partial charge on any atom is 0.317 e. The first kappa shape index (κ1) is 17.9. The van der Waals surface area contributed by atoms with Crippen LogP contribution in [-0.2, 0) is 4.79 Å². The smallest absolute Gasteiger partial charge is 0.317 e. The molecular weight excluding hydrogens is 342 g/mol. The van der Waals surface area contributed by atoms with Crippen molar-refractivity contribution in [3.05, 3.63) is 40.1 Å². The number of aliphatic carboxylic acids is 1. The number of fused-ring (bicyclic) bond motifs is 1. The normalized spacial score (nSPS) is 19.3. The van der Waals surface area contributed by atoms with E-state index in [2.05, 4.69) is 5.32 Å². The Morgan fingerprint density at radius 3 is 2.73 bits per heavy atom. The molecule has 1 heterocycles. The van der Waals surface area contributed by atoms with Gasteiger partial charge in [-0.05, 0) is 31.5 Å². The number of furan rings is 1. The van der Waals surface area contributed by atoms with Gasteiger partial charge in [-0.15, -0.1) is 0 Å². The summed E-state index contributed by atoms with van der Waals surface area (Å²) in [6, 6.07) is 5.73. The molecule has 1 amide bonds. The average Bonchev–Trinajstić information content (AvgIpc) is 2.98. The molecule has 1 saturated carbocycles. The zero-order valence-corrected chi connectivity index (χ0v) is 14.2. The number of hydrogen-bond donors (Lipinski definition) is 2. The lowest BCUT2D eigenvalue weighted by Gasteiger charge is -2.42. The quantitative estimate of drug-likeness (QED) is 0.570. The third-order valence-corrected chi connectivity index (χ3v) is 4.64. The maximum absolute atomic E-state index is 12.3. The second-order valence-electron chi connectivity index (χ2n) is 6.34. The van der Waals surface area contributed by atoms with E-state index in [0.717, 1.165) is 0 Å². The van der Waals surface area contributed by atoms with Crippen LogP contribution in [-0.4, -0.2) is 52.0 Å². The van der Waals surface area contributed by atoms with Crippen LogP contribution in [0.3, 0.4) is 0 Å². The molecule has 1 aliphatic carbocycles. The largest absolute Gasteiger partial charge is 0.480 e. The number of non-ortho nitro benzene ring substituents is 1. The van der Waals surface area contributed by atoms with Crippen LogP contribution >= 0.6 is 0 Å². The van der Waals surface area contributed by atoms with Gasteiger partial charge in [-0.1, -0.05) is 6.92 Å². The van der Waals surface area contributed by atoms with Crippen molar-refractivity contribution in [1.82, 2.24) is 10.2 Å². The molecule has 0 aliphatic heterocycles. The van der Waals surface area contributed by atoms with Gasteiger partial charge in [-0.25, -0.2) is 0 Å². The van der Waals surface area contributed by atoms with Crippen molar-refractivity contribution in [2.24, 2.45) is 0 Å². The molecule has 1 fully saturated rings. The molecule has 138 valence electrons. The molecule has 3 rings (SSSR count). The van der Waals surface area contributed by atoms with Gasteiger partial charge in [0, 0.05) is 29.6 Å². The number of likely N-dealkylation sites (N-methyl/N-ethyl adjacent to an activating group) is 1. The number of carbonyl (C=O) groups is 2. The van der Waals surface area contributed by atoms with E-state index in [-0.39, 0.29) is 36.0 Å². The minimum absolute atomic E-state index is 0.00974. The Kier molecular flexibility index (Phi) is 4.90. The van der Waals surface area contributed by atoms with E-state index in [1.165, 1.54) is 24.3 Å². The van der Waals surface area contributed by atoms with Crippen LogP contribution in [0, 0.1) is 10.1 Å². The molecule has 1 aliphatic rings. The number of nitrogens with zero attached hydrogens (tertiary/aromatic N) is 2. The minimum atomic E-state index is -0.865. The molecule has 2 N–H and O–H groups in total. The summed E-state index contributed by atoms with van der Waals surface area (Å²) >= 11 is 0. The molecule has 26 heavy (non-hydrogen) atoms. The number of carboxylic acid groups (broad SMARTS) is 1. The Hall–Kier alpha value is -2.94. The van der Waals surface area contributed by atoms with E-state index in [1.807, 2.05) is 11.8 Å². The first-order valence-corrected chi connectivity index (χ1v) is 8.32. The van der Waals surface area contributed by atoms with Gasteiger partial charge in [0.1, 0.15) is 5.58 Å². The van der Waals surface area contributed by atoms with Gasteiger partial charge in [0.2, 0.25) is 0 Å². The van der Waals surface area contributed by atoms with Crippen LogP contribution in [0.1, 0.15) is 30.3 Å². The molecular formula is C17H19N3O6. The summed E-state index contributed by atoms with van der Waals surface area (Å²) in [7, 11) is 0. The van der Waals surface area contributed by atoms with E-state index >= 15 is 0 Å². The lowest BCUT2D eigenvalue weighted by Crippen LogP contribution is -2.54. The van der Waals surface area contributed by atoms with E-state index < -0.39 is 10.9 Å². The van der Waals surface area contributed by atoms with Crippen LogP contribution in [0.5, 0.6) is 0 Å². The third kappa shape index (κ3) is 3.67. The molecule has 2 aromatic rings. The number of rotatable bonds is 7. The molecule has 1 aromatic carbocycles. The summed E-state index contributed by atoms with van der Waals surface area (Å²) in [4.78, 5) is 35.3. The number of carbonyl (C=O) groups excluding carboxylic acids is 1. The highest BCUT2D eigenvalue weighted by Crippen LogP contribution is 2.27. The Morgan fingerprint density at radius 2 is 2.12 bits per heavy atom. The summed E-state index contributed by atoms with van der Waals surface area (Å²) in [6.45, 7) is 2.53. The van der Waals surface area contributed by atoms with E-state index in [9.17, 15) is 19.7 Å². The van der Waals surface area contributed by atoms with E-state index in [1.54, 1.807) is 0 Å². The Labute approximate surface area is 148 Å². The van der Waals surface area contributed by atoms with Crippen molar-refractivity contribution >= 4 is 28.5 Å². The van der Waals surface area contributed by atoms with Gasteiger partial charge in [0.25, 0.3) is 11.6 Å². The molecule has 0 spiro atoms. The van der Waals surface area contributed by atoms with Gasteiger partial charge in [-0.2, -0.15) is 0 Å². The van der Waals surface area contributed by atoms with Gasteiger partial charge in [0.15, 0.2) is 5.76 Å². The predicted octanol–water partition coefficient (Wildman–Crippen LogP) is 2.01. The second-order valence-corrected chi connectivity index (χ2v) is 6.34. The van der Waals surface area contributed by atoms with Crippen molar-refractivity contribution < 1.29 is 24.0 Å². The monoisotopic (exact) mass is 361 g/mol. The summed E-state index contributed by atoms with van der Waals surface area (Å²) < 4.78 is 5.46. The fourth-order valence-electron chi connectivity index (χ4n) is 3.19. The fraction of sp³-hybridized carbons (Fsp3) is 0.412. The second kappa shape index (κ2) is 7.12. The SMILES string of the molecule is CCN(CC(=O)O)C1CC(NC(=O)c2cc3cc([N+](=O)[O-])ccc3o2)C1. The number of nitro groups is 1. The fourth-order valence-corrected chi connectivity index (χ4v) is 3.19. The van der Waals surface area contributed by atoms with E-state index in [0.29, 0.717) is 30.4 Å². The third-order valence-electron chi connectivity index (χ3n) is 4.64. The molecule has 0 saturated heterocycles. The van der Waals surface area contributed by atoms with Gasteiger partial charge < -0.3 is 14.8 Å². The van der Waals surface area contributed by atoms with Crippen LogP contribution < -0.4 is 5.32 Å².